The van der Waals surface area contributed by atoms with E-state index in [2.05, 4.69) is 31.4 Å². The number of hydrogen-bond donors (Lipinski definition) is 2. The quantitative estimate of drug-likeness (QED) is 0.579. The Balaban J connectivity index is 2.17. The molecule has 0 aliphatic carbocycles. The van der Waals surface area contributed by atoms with E-state index in [0.29, 0.717) is 18.2 Å². The Bertz CT molecular complexity index is 430. The predicted molar refractivity (Wildman–Crippen MR) is 95.7 cm³/mol. The molecule has 1 rings (SSSR count). The van der Waals surface area contributed by atoms with Crippen molar-refractivity contribution < 1.29 is 9.53 Å². The van der Waals surface area contributed by atoms with Crippen LogP contribution in [0.2, 0.25) is 0 Å². The fourth-order valence-corrected chi connectivity index (χ4v) is 2.21. The van der Waals surface area contributed by atoms with Crippen LogP contribution in [0.25, 0.3) is 0 Å². The highest BCUT2D eigenvalue weighted by Crippen LogP contribution is 2.06. The van der Waals surface area contributed by atoms with Gasteiger partial charge in [-0.1, -0.05) is 39.3 Å². The largest absolute Gasteiger partial charge is 0.377 e. The van der Waals surface area contributed by atoms with Gasteiger partial charge in [0.1, 0.15) is 0 Å². The van der Waals surface area contributed by atoms with Crippen LogP contribution in [0.4, 0.5) is 0 Å². The zero-order valence-electron chi connectivity index (χ0n) is 14.9. The predicted octanol–water partition coefficient (Wildman–Crippen LogP) is 3.51. The molecular weight excluding hydrogens is 288 g/mol. The summed E-state index contributed by atoms with van der Waals surface area (Å²) in [4.78, 5) is 12.0. The second-order valence-corrected chi connectivity index (χ2v) is 6.17. The normalized spacial score (nSPS) is 11.0. The van der Waals surface area contributed by atoms with Crippen LogP contribution in [-0.2, 0) is 11.3 Å². The molecule has 0 fully saturated rings. The zero-order chi connectivity index (χ0) is 16.9. The van der Waals surface area contributed by atoms with Crippen LogP contribution >= 0.6 is 0 Å². The molecule has 1 aromatic rings. The molecule has 0 aliphatic rings. The number of rotatable bonds is 12. The third-order valence-electron chi connectivity index (χ3n) is 3.53. The molecule has 0 heterocycles. The number of carbonyl (C=O) groups excluding carboxylic acids is 1. The second kappa shape index (κ2) is 12.1. The second-order valence-electron chi connectivity index (χ2n) is 6.17. The van der Waals surface area contributed by atoms with Crippen molar-refractivity contribution in [1.82, 2.24) is 10.6 Å². The van der Waals surface area contributed by atoms with E-state index in [4.69, 9.17) is 4.74 Å². The summed E-state index contributed by atoms with van der Waals surface area (Å²) >= 11 is 0. The molecule has 23 heavy (non-hydrogen) atoms. The summed E-state index contributed by atoms with van der Waals surface area (Å²) in [5.74, 6) is 0.00586. The van der Waals surface area contributed by atoms with E-state index >= 15 is 0 Å². The fraction of sp³-hybridized carbons (Fsp3) is 0.632. The minimum Gasteiger partial charge on any atom is -0.377 e. The third-order valence-corrected chi connectivity index (χ3v) is 3.53. The lowest BCUT2D eigenvalue weighted by molar-refractivity contribution is 0.0952. The summed E-state index contributed by atoms with van der Waals surface area (Å²) in [7, 11) is 0. The van der Waals surface area contributed by atoms with Crippen molar-refractivity contribution in [1.29, 1.82) is 0 Å². The maximum Gasteiger partial charge on any atom is 0.251 e. The average Bonchev–Trinajstić information content (AvgIpc) is 2.54. The first-order chi connectivity index (χ1) is 11.1. The van der Waals surface area contributed by atoms with Crippen molar-refractivity contribution in [2.24, 2.45) is 0 Å². The Morgan fingerprint density at radius 3 is 2.43 bits per heavy atom. The maximum absolute atomic E-state index is 12.0. The average molecular weight is 320 g/mol. The van der Waals surface area contributed by atoms with Gasteiger partial charge in [0.25, 0.3) is 5.91 Å². The molecule has 0 unspecified atom stereocenters. The summed E-state index contributed by atoms with van der Waals surface area (Å²) in [6.45, 7) is 9.57. The van der Waals surface area contributed by atoms with Crippen molar-refractivity contribution in [3.05, 3.63) is 35.4 Å². The van der Waals surface area contributed by atoms with E-state index in [1.165, 1.54) is 0 Å². The zero-order valence-corrected chi connectivity index (χ0v) is 14.9. The highest BCUT2D eigenvalue weighted by atomic mass is 16.5. The molecule has 0 bridgehead atoms. The van der Waals surface area contributed by atoms with Crippen LogP contribution in [0.1, 0.15) is 62.4 Å². The highest BCUT2D eigenvalue weighted by molar-refractivity contribution is 5.94. The van der Waals surface area contributed by atoms with Crippen LogP contribution in [0, 0.1) is 0 Å². The number of hydrogen-bond acceptors (Lipinski definition) is 3. The third kappa shape index (κ3) is 9.36. The fourth-order valence-electron chi connectivity index (χ4n) is 2.21. The molecule has 4 nitrogen and oxygen atoms in total. The summed E-state index contributed by atoms with van der Waals surface area (Å²) in [6.07, 6.45) is 4.33. The number of amides is 1. The van der Waals surface area contributed by atoms with E-state index in [9.17, 15) is 4.79 Å². The van der Waals surface area contributed by atoms with Crippen LogP contribution in [-0.4, -0.2) is 31.6 Å². The lowest BCUT2D eigenvalue weighted by Gasteiger charge is -2.08. The lowest BCUT2D eigenvalue weighted by Crippen LogP contribution is -2.25. The van der Waals surface area contributed by atoms with E-state index in [1.54, 1.807) is 0 Å². The van der Waals surface area contributed by atoms with Gasteiger partial charge in [-0.05, 0) is 43.5 Å². The summed E-state index contributed by atoms with van der Waals surface area (Å²) in [5, 5.41) is 6.38. The van der Waals surface area contributed by atoms with Gasteiger partial charge in [-0.25, -0.2) is 0 Å². The molecule has 0 saturated carbocycles. The summed E-state index contributed by atoms with van der Waals surface area (Å²) < 4.78 is 5.49. The van der Waals surface area contributed by atoms with Gasteiger partial charge in [0.05, 0.1) is 6.61 Å². The monoisotopic (exact) mass is 320 g/mol. The van der Waals surface area contributed by atoms with Crippen LogP contribution < -0.4 is 10.6 Å². The summed E-state index contributed by atoms with van der Waals surface area (Å²) in [5.41, 5.74) is 1.82. The highest BCUT2D eigenvalue weighted by Gasteiger charge is 2.04. The number of carbonyl (C=O) groups is 1. The van der Waals surface area contributed by atoms with Crippen molar-refractivity contribution in [2.75, 3.05) is 19.7 Å². The van der Waals surface area contributed by atoms with Crippen molar-refractivity contribution in [3.63, 3.8) is 0 Å². The van der Waals surface area contributed by atoms with E-state index in [0.717, 1.165) is 50.9 Å². The first kappa shape index (κ1) is 19.7. The van der Waals surface area contributed by atoms with Gasteiger partial charge in [0.15, 0.2) is 0 Å². The molecule has 0 atom stereocenters. The minimum absolute atomic E-state index is 0.00586. The van der Waals surface area contributed by atoms with Crippen molar-refractivity contribution in [3.8, 4) is 0 Å². The molecule has 0 radical (unpaired) electrons. The SMILES string of the molecule is CCCOCc1ccc(C(=O)NCCCCCNC(C)C)cc1. The van der Waals surface area contributed by atoms with Gasteiger partial charge >= 0.3 is 0 Å². The molecule has 0 aliphatic heterocycles. The van der Waals surface area contributed by atoms with Crippen LogP contribution in [0.5, 0.6) is 0 Å². The van der Waals surface area contributed by atoms with Crippen LogP contribution in [0.3, 0.4) is 0 Å². The molecule has 2 N–H and O–H groups in total. The standard InChI is InChI=1S/C19H32N2O2/c1-4-14-23-15-17-8-10-18(11-9-17)19(22)21-13-7-5-6-12-20-16(2)3/h8-11,16,20H,4-7,12-15H2,1-3H3,(H,21,22). The van der Waals surface area contributed by atoms with Crippen molar-refractivity contribution >= 4 is 5.91 Å². The smallest absolute Gasteiger partial charge is 0.251 e. The topological polar surface area (TPSA) is 50.4 Å². The van der Waals surface area contributed by atoms with Gasteiger partial charge in [-0.15, -0.1) is 0 Å². The molecule has 130 valence electrons. The molecular formula is C19H32N2O2. The summed E-state index contributed by atoms with van der Waals surface area (Å²) in [6, 6.07) is 8.20. The maximum atomic E-state index is 12.0. The van der Waals surface area contributed by atoms with Gasteiger partial charge in [-0.3, -0.25) is 4.79 Å². The molecule has 1 aromatic carbocycles. The van der Waals surface area contributed by atoms with Gasteiger partial charge in [0.2, 0.25) is 0 Å². The van der Waals surface area contributed by atoms with E-state index in [-0.39, 0.29) is 5.91 Å². The molecule has 0 spiro atoms. The first-order valence-electron chi connectivity index (χ1n) is 8.81. The van der Waals surface area contributed by atoms with Crippen LogP contribution in [0.15, 0.2) is 24.3 Å². The number of benzene rings is 1. The number of nitrogens with one attached hydrogen (secondary N) is 2. The Labute approximate surface area is 141 Å². The molecule has 4 heteroatoms. The number of unbranched alkanes of at least 4 members (excludes halogenated alkanes) is 2. The van der Waals surface area contributed by atoms with E-state index < -0.39 is 0 Å². The number of ether oxygens (including phenoxy) is 1. The molecule has 1 amide bonds. The lowest BCUT2D eigenvalue weighted by atomic mass is 10.1. The Morgan fingerprint density at radius 2 is 1.78 bits per heavy atom. The minimum atomic E-state index is 0.00586. The molecule has 0 aromatic heterocycles. The Morgan fingerprint density at radius 1 is 1.09 bits per heavy atom. The van der Waals surface area contributed by atoms with Crippen molar-refractivity contribution in [2.45, 2.75) is 59.1 Å². The van der Waals surface area contributed by atoms with Gasteiger partial charge in [-0.2, -0.15) is 0 Å². The first-order valence-corrected chi connectivity index (χ1v) is 8.81. The molecule has 0 saturated heterocycles. The Kier molecular flexibility index (Phi) is 10.3. The van der Waals surface area contributed by atoms with E-state index in [1.807, 2.05) is 24.3 Å². The van der Waals surface area contributed by atoms with Gasteiger partial charge < -0.3 is 15.4 Å². The van der Waals surface area contributed by atoms with Gasteiger partial charge in [0, 0.05) is 24.8 Å². The Hall–Kier alpha value is -1.39.